The van der Waals surface area contributed by atoms with Crippen molar-refractivity contribution in [1.82, 2.24) is 8.94 Å². The summed E-state index contributed by atoms with van der Waals surface area (Å²) >= 11 is 1.46. The third kappa shape index (κ3) is 1.61. The van der Waals surface area contributed by atoms with E-state index >= 15 is 0 Å². The van der Waals surface area contributed by atoms with Crippen LogP contribution in [0.5, 0.6) is 5.75 Å². The van der Waals surface area contributed by atoms with Gasteiger partial charge in [0.05, 0.1) is 18.3 Å². The fourth-order valence-electron chi connectivity index (χ4n) is 2.08. The van der Waals surface area contributed by atoms with Crippen LogP contribution in [0, 0.1) is 0 Å². The van der Waals surface area contributed by atoms with Gasteiger partial charge in [-0.3, -0.25) is 0 Å². The van der Waals surface area contributed by atoms with Crippen LogP contribution in [0.15, 0.2) is 35.8 Å². The Morgan fingerprint density at radius 1 is 1.29 bits per heavy atom. The minimum Gasteiger partial charge on any atom is -0.497 e. The third-order valence-corrected chi connectivity index (χ3v) is 3.45. The molecule has 4 heteroatoms. The second-order valence-electron chi connectivity index (χ2n) is 3.92. The number of hydrogen-bond acceptors (Lipinski definition) is 3. The van der Waals surface area contributed by atoms with Crippen molar-refractivity contribution in [1.29, 1.82) is 0 Å². The highest BCUT2D eigenvalue weighted by molar-refractivity contribution is 7.03. The van der Waals surface area contributed by atoms with Crippen molar-refractivity contribution < 1.29 is 4.74 Å². The summed E-state index contributed by atoms with van der Waals surface area (Å²) in [6.45, 7) is 0. The molecule has 3 rings (SSSR count). The number of nitrogens with zero attached hydrogens (tertiary/aromatic N) is 2. The summed E-state index contributed by atoms with van der Waals surface area (Å²) in [5.41, 5.74) is 3.31. The molecule has 2 heterocycles. The number of methoxy groups -OCH3 is 1. The molecule has 0 fully saturated rings. The largest absolute Gasteiger partial charge is 0.497 e. The first-order chi connectivity index (χ1) is 8.29. The van der Waals surface area contributed by atoms with E-state index in [2.05, 4.69) is 21.2 Å². The smallest absolute Gasteiger partial charge is 0.120 e. The van der Waals surface area contributed by atoms with Gasteiger partial charge in [-0.2, -0.15) is 4.37 Å². The summed E-state index contributed by atoms with van der Waals surface area (Å²) in [5, 5.41) is 3.17. The molecule has 0 aliphatic rings. The van der Waals surface area contributed by atoms with E-state index in [-0.39, 0.29) is 0 Å². The molecular formula is C13H12N2OS. The van der Waals surface area contributed by atoms with E-state index in [9.17, 15) is 0 Å². The van der Waals surface area contributed by atoms with Gasteiger partial charge in [-0.1, -0.05) is 0 Å². The number of rotatable bonds is 2. The minimum absolute atomic E-state index is 0.867. The van der Waals surface area contributed by atoms with Crippen molar-refractivity contribution in [2.24, 2.45) is 7.05 Å². The maximum absolute atomic E-state index is 5.34. The Morgan fingerprint density at radius 3 is 2.88 bits per heavy atom. The topological polar surface area (TPSA) is 27.1 Å². The highest BCUT2D eigenvalue weighted by atomic mass is 32.1. The Balaban J connectivity index is 2.37. The Kier molecular flexibility index (Phi) is 2.37. The Morgan fingerprint density at radius 2 is 2.18 bits per heavy atom. The molecule has 0 aliphatic carbocycles. The van der Waals surface area contributed by atoms with E-state index < -0.39 is 0 Å². The van der Waals surface area contributed by atoms with E-state index in [4.69, 9.17) is 4.74 Å². The fourth-order valence-corrected chi connectivity index (χ4v) is 2.60. The summed E-state index contributed by atoms with van der Waals surface area (Å²) in [7, 11) is 3.74. The van der Waals surface area contributed by atoms with Gasteiger partial charge in [-0.15, -0.1) is 0 Å². The molecule has 0 saturated carbocycles. The number of aromatic nitrogens is 2. The third-order valence-electron chi connectivity index (χ3n) is 2.89. The molecule has 0 unspecified atom stereocenters. The van der Waals surface area contributed by atoms with E-state index in [1.165, 1.54) is 22.4 Å². The predicted molar refractivity (Wildman–Crippen MR) is 70.6 cm³/mol. The van der Waals surface area contributed by atoms with Gasteiger partial charge in [0.15, 0.2) is 0 Å². The number of hydrogen-bond donors (Lipinski definition) is 0. The average Bonchev–Trinajstić information content (AvgIpc) is 2.98. The van der Waals surface area contributed by atoms with Crippen LogP contribution < -0.4 is 4.74 Å². The normalized spacial score (nSPS) is 10.9. The molecule has 0 spiro atoms. The molecule has 0 aliphatic heterocycles. The second kappa shape index (κ2) is 3.89. The molecular weight excluding hydrogens is 232 g/mol. The van der Waals surface area contributed by atoms with Crippen LogP contribution in [0.3, 0.4) is 0 Å². The first-order valence-electron chi connectivity index (χ1n) is 5.33. The highest BCUT2D eigenvalue weighted by Gasteiger charge is 2.11. The second-order valence-corrected chi connectivity index (χ2v) is 4.59. The first-order valence-corrected chi connectivity index (χ1v) is 6.17. The van der Waals surface area contributed by atoms with E-state index in [1.54, 1.807) is 7.11 Å². The quantitative estimate of drug-likeness (QED) is 0.691. The van der Waals surface area contributed by atoms with Gasteiger partial charge in [-0.05, 0) is 35.8 Å². The molecule has 0 radical (unpaired) electrons. The molecule has 0 saturated heterocycles. The van der Waals surface area contributed by atoms with Crippen LogP contribution in [-0.4, -0.2) is 16.1 Å². The van der Waals surface area contributed by atoms with Crippen molar-refractivity contribution in [3.8, 4) is 17.0 Å². The van der Waals surface area contributed by atoms with Crippen LogP contribution in [0.4, 0.5) is 0 Å². The van der Waals surface area contributed by atoms with Crippen LogP contribution in [0.2, 0.25) is 0 Å². The van der Waals surface area contributed by atoms with Crippen LogP contribution in [-0.2, 0) is 7.05 Å². The summed E-state index contributed by atoms with van der Waals surface area (Å²) in [4.78, 5) is 0. The van der Waals surface area contributed by atoms with Gasteiger partial charge < -0.3 is 9.30 Å². The van der Waals surface area contributed by atoms with Gasteiger partial charge in [0, 0.05) is 29.6 Å². The average molecular weight is 244 g/mol. The lowest BCUT2D eigenvalue weighted by atomic mass is 10.1. The lowest BCUT2D eigenvalue weighted by molar-refractivity contribution is 0.415. The van der Waals surface area contributed by atoms with Gasteiger partial charge in [0.2, 0.25) is 0 Å². The Hall–Kier alpha value is -1.81. The summed E-state index contributed by atoms with van der Waals surface area (Å²) in [6, 6.07) is 8.21. The molecule has 0 N–H and O–H groups in total. The highest BCUT2D eigenvalue weighted by Crippen LogP contribution is 2.32. The zero-order valence-corrected chi connectivity index (χ0v) is 10.5. The van der Waals surface area contributed by atoms with Crippen molar-refractivity contribution in [3.63, 3.8) is 0 Å². The van der Waals surface area contributed by atoms with Crippen molar-refractivity contribution >= 4 is 22.4 Å². The van der Waals surface area contributed by atoms with Crippen LogP contribution in [0.25, 0.3) is 22.2 Å². The molecule has 0 bridgehead atoms. The molecule has 1 aromatic carbocycles. The monoisotopic (exact) mass is 244 g/mol. The fraction of sp³-hybridized carbons (Fsp3) is 0.154. The maximum atomic E-state index is 5.34. The van der Waals surface area contributed by atoms with Gasteiger partial charge in [-0.25, -0.2) is 0 Å². The number of benzene rings is 1. The zero-order valence-electron chi connectivity index (χ0n) is 9.68. The first kappa shape index (κ1) is 10.4. The number of ether oxygens (including phenoxy) is 1. The molecule has 17 heavy (non-hydrogen) atoms. The number of fused-ring (bicyclic) bond motifs is 1. The van der Waals surface area contributed by atoms with Gasteiger partial charge in [0.25, 0.3) is 0 Å². The Bertz CT molecular complexity index is 655. The molecule has 3 aromatic rings. The molecule has 3 nitrogen and oxygen atoms in total. The van der Waals surface area contributed by atoms with Crippen molar-refractivity contribution in [2.45, 2.75) is 0 Å². The molecule has 0 amide bonds. The summed E-state index contributed by atoms with van der Waals surface area (Å²) in [5.74, 6) is 0.867. The van der Waals surface area contributed by atoms with E-state index in [0.717, 1.165) is 17.0 Å². The summed E-state index contributed by atoms with van der Waals surface area (Å²) < 4.78 is 11.9. The summed E-state index contributed by atoms with van der Waals surface area (Å²) in [6.07, 6.45) is 2.06. The van der Waals surface area contributed by atoms with E-state index in [0.29, 0.717) is 0 Å². The molecule has 2 aromatic heterocycles. The standard InChI is InChI=1S/C13H12N2OS/c1-15-5-3-9-7-10(16-2)8-11(13(9)15)12-4-6-17-14-12/h3-8H,1-2H3. The lowest BCUT2D eigenvalue weighted by Gasteiger charge is -2.07. The van der Waals surface area contributed by atoms with Crippen molar-refractivity contribution in [3.05, 3.63) is 35.8 Å². The zero-order chi connectivity index (χ0) is 11.8. The van der Waals surface area contributed by atoms with Gasteiger partial charge in [0.1, 0.15) is 5.75 Å². The molecule has 86 valence electrons. The van der Waals surface area contributed by atoms with Gasteiger partial charge >= 0.3 is 0 Å². The van der Waals surface area contributed by atoms with Crippen LogP contribution >= 0.6 is 11.5 Å². The van der Waals surface area contributed by atoms with Crippen molar-refractivity contribution in [2.75, 3.05) is 7.11 Å². The lowest BCUT2D eigenvalue weighted by Crippen LogP contribution is -1.90. The van der Waals surface area contributed by atoms with E-state index in [1.807, 2.05) is 30.6 Å². The predicted octanol–water partition coefficient (Wildman–Crippen LogP) is 3.31. The SMILES string of the molecule is COc1cc(-c2ccsn2)c2c(ccn2C)c1. The molecule has 0 atom stereocenters. The van der Waals surface area contributed by atoms with Crippen LogP contribution in [0.1, 0.15) is 0 Å². The number of aryl methyl sites for hydroxylation is 1. The minimum atomic E-state index is 0.867. The maximum Gasteiger partial charge on any atom is 0.120 e. The Labute approximate surface area is 103 Å².